The molecule has 1 fully saturated rings. The Morgan fingerprint density at radius 2 is 2.16 bits per heavy atom. The van der Waals surface area contributed by atoms with Crippen LogP contribution in [0, 0.1) is 0 Å². The van der Waals surface area contributed by atoms with Crippen LogP contribution < -0.4 is 5.32 Å². The average Bonchev–Trinajstić information content (AvgIpc) is 2.81. The second kappa shape index (κ2) is 6.22. The van der Waals surface area contributed by atoms with Gasteiger partial charge < -0.3 is 15.0 Å². The lowest BCUT2D eigenvalue weighted by Gasteiger charge is -2.13. The van der Waals surface area contributed by atoms with Gasteiger partial charge >= 0.3 is 12.0 Å². The van der Waals surface area contributed by atoms with E-state index in [1.54, 1.807) is 4.90 Å². The highest BCUT2D eigenvalue weighted by Gasteiger charge is 2.33. The van der Waals surface area contributed by atoms with E-state index in [0.717, 1.165) is 12.8 Å². The zero-order valence-electron chi connectivity index (χ0n) is 11.0. The van der Waals surface area contributed by atoms with E-state index >= 15 is 0 Å². The van der Waals surface area contributed by atoms with Crippen molar-refractivity contribution in [1.29, 1.82) is 0 Å². The lowest BCUT2D eigenvalue weighted by Crippen LogP contribution is -2.35. The lowest BCUT2D eigenvalue weighted by atomic mass is 10.1. The van der Waals surface area contributed by atoms with Gasteiger partial charge in [0.2, 0.25) is 0 Å². The van der Waals surface area contributed by atoms with Crippen molar-refractivity contribution in [1.82, 2.24) is 10.2 Å². The van der Waals surface area contributed by atoms with E-state index in [-0.39, 0.29) is 12.0 Å². The number of rotatable bonds is 5. The molecule has 102 valence electrons. The topological polar surface area (TPSA) is 58.6 Å². The van der Waals surface area contributed by atoms with Crippen LogP contribution in [0.15, 0.2) is 30.3 Å². The number of methoxy groups -OCH3 is 1. The highest BCUT2D eigenvalue weighted by Crippen LogP contribution is 2.08. The highest BCUT2D eigenvalue weighted by atomic mass is 16.5. The standard InChI is InChI=1S/C14H18N2O3/c1-19-13(17)12-10-16(14(18)15-12)9-5-8-11-6-3-2-4-7-11/h2-4,6-7,12H,5,8-10H2,1H3,(H,15,18)/t12-/m0/s1. The van der Waals surface area contributed by atoms with Crippen LogP contribution in [0.1, 0.15) is 12.0 Å². The van der Waals surface area contributed by atoms with E-state index in [0.29, 0.717) is 13.1 Å². The molecule has 1 aliphatic heterocycles. The predicted octanol–water partition coefficient (Wildman–Crippen LogP) is 1.19. The minimum Gasteiger partial charge on any atom is -0.467 e. The van der Waals surface area contributed by atoms with Gasteiger partial charge in [-0.2, -0.15) is 0 Å². The molecular formula is C14H18N2O3. The van der Waals surface area contributed by atoms with E-state index in [1.165, 1.54) is 12.7 Å². The Kier molecular flexibility index (Phi) is 4.39. The Morgan fingerprint density at radius 3 is 2.84 bits per heavy atom. The van der Waals surface area contributed by atoms with Gasteiger partial charge in [0, 0.05) is 6.54 Å². The third kappa shape index (κ3) is 3.47. The number of hydrogen-bond acceptors (Lipinski definition) is 3. The number of benzene rings is 1. The molecule has 0 radical (unpaired) electrons. The largest absolute Gasteiger partial charge is 0.467 e. The summed E-state index contributed by atoms with van der Waals surface area (Å²) in [6.07, 6.45) is 1.80. The fraction of sp³-hybridized carbons (Fsp3) is 0.429. The molecule has 0 spiro atoms. The molecule has 2 rings (SSSR count). The van der Waals surface area contributed by atoms with Crippen molar-refractivity contribution in [3.8, 4) is 0 Å². The molecule has 19 heavy (non-hydrogen) atoms. The van der Waals surface area contributed by atoms with Gasteiger partial charge in [-0.05, 0) is 18.4 Å². The number of esters is 1. The van der Waals surface area contributed by atoms with Gasteiger partial charge in [-0.1, -0.05) is 30.3 Å². The molecule has 1 saturated heterocycles. The van der Waals surface area contributed by atoms with Crippen molar-refractivity contribution in [3.05, 3.63) is 35.9 Å². The maximum atomic E-state index is 11.7. The Morgan fingerprint density at radius 1 is 1.42 bits per heavy atom. The number of nitrogens with one attached hydrogen (secondary N) is 1. The van der Waals surface area contributed by atoms with E-state index in [4.69, 9.17) is 0 Å². The fourth-order valence-electron chi connectivity index (χ4n) is 2.18. The van der Waals surface area contributed by atoms with Gasteiger partial charge in [-0.25, -0.2) is 9.59 Å². The predicted molar refractivity (Wildman–Crippen MR) is 70.7 cm³/mol. The van der Waals surface area contributed by atoms with Crippen molar-refractivity contribution in [2.24, 2.45) is 0 Å². The first-order valence-electron chi connectivity index (χ1n) is 6.38. The molecule has 0 aromatic heterocycles. The van der Waals surface area contributed by atoms with Crippen molar-refractivity contribution in [3.63, 3.8) is 0 Å². The third-order valence-electron chi connectivity index (χ3n) is 3.21. The molecule has 5 heteroatoms. The van der Waals surface area contributed by atoms with E-state index in [9.17, 15) is 9.59 Å². The maximum Gasteiger partial charge on any atom is 0.330 e. The normalized spacial score (nSPS) is 18.3. The number of urea groups is 1. The van der Waals surface area contributed by atoms with Crippen molar-refractivity contribution >= 4 is 12.0 Å². The van der Waals surface area contributed by atoms with Gasteiger partial charge in [0.15, 0.2) is 0 Å². The molecule has 1 aliphatic rings. The summed E-state index contributed by atoms with van der Waals surface area (Å²) in [7, 11) is 1.33. The Bertz CT molecular complexity index is 447. The van der Waals surface area contributed by atoms with Crippen LogP contribution in [-0.4, -0.2) is 43.1 Å². The number of hydrogen-bond donors (Lipinski definition) is 1. The minimum absolute atomic E-state index is 0.191. The van der Waals surface area contributed by atoms with Crippen LogP contribution in [0.3, 0.4) is 0 Å². The summed E-state index contributed by atoms with van der Waals surface area (Å²) in [5, 5.41) is 2.62. The van der Waals surface area contributed by atoms with Crippen LogP contribution in [-0.2, 0) is 16.0 Å². The summed E-state index contributed by atoms with van der Waals surface area (Å²) in [6.45, 7) is 1.04. The maximum absolute atomic E-state index is 11.7. The smallest absolute Gasteiger partial charge is 0.330 e. The second-order valence-corrected chi connectivity index (χ2v) is 4.56. The number of carbonyl (C=O) groups excluding carboxylic acids is 2. The van der Waals surface area contributed by atoms with Gasteiger partial charge in [0.25, 0.3) is 0 Å². The van der Waals surface area contributed by atoms with E-state index < -0.39 is 6.04 Å². The number of nitrogens with zero attached hydrogens (tertiary/aromatic N) is 1. The van der Waals surface area contributed by atoms with Crippen molar-refractivity contribution in [2.75, 3.05) is 20.2 Å². The number of ether oxygens (including phenoxy) is 1. The summed E-state index contributed by atoms with van der Waals surface area (Å²) in [6, 6.07) is 9.41. The molecule has 1 aromatic carbocycles. The molecular weight excluding hydrogens is 244 g/mol. The molecule has 0 unspecified atom stereocenters. The monoisotopic (exact) mass is 262 g/mol. The Hall–Kier alpha value is -2.04. The Balaban J connectivity index is 1.78. The van der Waals surface area contributed by atoms with Gasteiger partial charge in [-0.3, -0.25) is 0 Å². The molecule has 1 atom stereocenters. The molecule has 1 heterocycles. The molecule has 1 aromatic rings. The van der Waals surface area contributed by atoms with Crippen LogP contribution in [0.25, 0.3) is 0 Å². The molecule has 0 saturated carbocycles. The molecule has 0 bridgehead atoms. The fourth-order valence-corrected chi connectivity index (χ4v) is 2.18. The van der Waals surface area contributed by atoms with Gasteiger partial charge in [-0.15, -0.1) is 0 Å². The van der Waals surface area contributed by atoms with Crippen LogP contribution >= 0.6 is 0 Å². The number of aryl methyl sites for hydroxylation is 1. The first-order chi connectivity index (χ1) is 9.20. The first kappa shape index (κ1) is 13.4. The SMILES string of the molecule is COC(=O)[C@@H]1CN(CCCc2ccccc2)C(=O)N1. The zero-order chi connectivity index (χ0) is 13.7. The van der Waals surface area contributed by atoms with Crippen molar-refractivity contribution in [2.45, 2.75) is 18.9 Å². The van der Waals surface area contributed by atoms with Crippen LogP contribution in [0.2, 0.25) is 0 Å². The lowest BCUT2D eigenvalue weighted by molar-refractivity contribution is -0.142. The average molecular weight is 262 g/mol. The van der Waals surface area contributed by atoms with E-state index in [2.05, 4.69) is 22.2 Å². The highest BCUT2D eigenvalue weighted by molar-refractivity contribution is 5.87. The number of amides is 2. The van der Waals surface area contributed by atoms with Gasteiger partial charge in [0.05, 0.1) is 13.7 Å². The summed E-state index contributed by atoms with van der Waals surface area (Å²) in [5.74, 6) is -0.390. The molecule has 2 amide bonds. The molecule has 5 nitrogen and oxygen atoms in total. The van der Waals surface area contributed by atoms with Crippen molar-refractivity contribution < 1.29 is 14.3 Å². The zero-order valence-corrected chi connectivity index (χ0v) is 11.0. The van der Waals surface area contributed by atoms with Crippen LogP contribution in [0.4, 0.5) is 4.79 Å². The third-order valence-corrected chi connectivity index (χ3v) is 3.21. The summed E-state index contributed by atoms with van der Waals surface area (Å²) >= 11 is 0. The quantitative estimate of drug-likeness (QED) is 0.811. The minimum atomic E-state index is -0.533. The first-order valence-corrected chi connectivity index (χ1v) is 6.38. The van der Waals surface area contributed by atoms with E-state index in [1.807, 2.05) is 18.2 Å². The number of carbonyl (C=O) groups is 2. The molecule has 1 N–H and O–H groups in total. The summed E-state index contributed by atoms with van der Waals surface area (Å²) < 4.78 is 4.62. The van der Waals surface area contributed by atoms with Crippen LogP contribution in [0.5, 0.6) is 0 Å². The van der Waals surface area contributed by atoms with Gasteiger partial charge in [0.1, 0.15) is 6.04 Å². The second-order valence-electron chi connectivity index (χ2n) is 4.56. The Labute approximate surface area is 112 Å². The summed E-state index contributed by atoms with van der Waals surface area (Å²) in [5.41, 5.74) is 1.26. The summed E-state index contributed by atoms with van der Waals surface area (Å²) in [4.78, 5) is 24.6. The molecule has 0 aliphatic carbocycles.